The second-order valence-electron chi connectivity index (χ2n) is 3.42. The fourth-order valence-corrected chi connectivity index (χ4v) is 0.611. The summed E-state index contributed by atoms with van der Waals surface area (Å²) in [6, 6.07) is 0. The van der Waals surface area contributed by atoms with Crippen molar-refractivity contribution in [3.05, 3.63) is 12.2 Å². The van der Waals surface area contributed by atoms with E-state index in [1.165, 1.54) is 13.8 Å². The third-order valence-electron chi connectivity index (χ3n) is 1.58. The van der Waals surface area contributed by atoms with E-state index in [1.54, 1.807) is 6.92 Å². The van der Waals surface area contributed by atoms with Gasteiger partial charge in [-0.05, 0) is 6.92 Å². The van der Waals surface area contributed by atoms with Gasteiger partial charge in [-0.2, -0.15) is 8.78 Å². The molecule has 0 saturated heterocycles. The van der Waals surface area contributed by atoms with Gasteiger partial charge in [-0.3, -0.25) is 4.79 Å². The van der Waals surface area contributed by atoms with Crippen molar-refractivity contribution in [2.24, 2.45) is 5.92 Å². The Hall–Kier alpha value is -0.930. The standard InChI is InChI=1S/C9H15F2NO/c1-6(2)5-12-8(13)9(10,11)7(3)4/h7H,1,5H2,2-4H3,(H,12,13). The van der Waals surface area contributed by atoms with Gasteiger partial charge in [0.15, 0.2) is 0 Å². The summed E-state index contributed by atoms with van der Waals surface area (Å²) in [7, 11) is 0. The Bertz CT molecular complexity index is 212. The predicted molar refractivity (Wildman–Crippen MR) is 47.6 cm³/mol. The van der Waals surface area contributed by atoms with Crippen molar-refractivity contribution >= 4 is 5.91 Å². The molecular weight excluding hydrogens is 176 g/mol. The highest BCUT2D eigenvalue weighted by Crippen LogP contribution is 2.23. The van der Waals surface area contributed by atoms with Crippen LogP contribution in [0.3, 0.4) is 0 Å². The van der Waals surface area contributed by atoms with Crippen LogP contribution in [0.5, 0.6) is 0 Å². The van der Waals surface area contributed by atoms with E-state index in [9.17, 15) is 13.6 Å². The third kappa shape index (κ3) is 3.53. The number of rotatable bonds is 4. The molecule has 0 aromatic carbocycles. The van der Waals surface area contributed by atoms with Crippen molar-refractivity contribution in [1.29, 1.82) is 0 Å². The van der Waals surface area contributed by atoms with E-state index in [0.29, 0.717) is 5.57 Å². The van der Waals surface area contributed by atoms with Gasteiger partial charge in [-0.1, -0.05) is 26.0 Å². The fraction of sp³-hybridized carbons (Fsp3) is 0.667. The van der Waals surface area contributed by atoms with E-state index in [2.05, 4.69) is 11.9 Å². The first kappa shape index (κ1) is 12.1. The summed E-state index contributed by atoms with van der Waals surface area (Å²) in [5, 5.41) is 2.12. The third-order valence-corrected chi connectivity index (χ3v) is 1.58. The Morgan fingerprint density at radius 1 is 1.54 bits per heavy atom. The lowest BCUT2D eigenvalue weighted by Gasteiger charge is -2.19. The Kier molecular flexibility index (Phi) is 4.04. The van der Waals surface area contributed by atoms with Crippen molar-refractivity contribution < 1.29 is 13.6 Å². The number of nitrogens with one attached hydrogen (secondary N) is 1. The highest BCUT2D eigenvalue weighted by Gasteiger charge is 2.41. The van der Waals surface area contributed by atoms with E-state index in [-0.39, 0.29) is 6.54 Å². The maximum atomic E-state index is 12.9. The molecule has 0 aliphatic rings. The topological polar surface area (TPSA) is 29.1 Å². The monoisotopic (exact) mass is 191 g/mol. The Labute approximate surface area is 77.0 Å². The molecule has 0 aromatic heterocycles. The Morgan fingerprint density at radius 2 is 2.00 bits per heavy atom. The first-order valence-corrected chi connectivity index (χ1v) is 4.09. The molecule has 0 radical (unpaired) electrons. The molecule has 76 valence electrons. The molecule has 0 bridgehead atoms. The number of alkyl halides is 2. The summed E-state index contributed by atoms with van der Waals surface area (Å²) in [5.74, 6) is -5.52. The zero-order valence-electron chi connectivity index (χ0n) is 8.16. The minimum Gasteiger partial charge on any atom is -0.347 e. The van der Waals surface area contributed by atoms with Crippen LogP contribution in [0.1, 0.15) is 20.8 Å². The minimum atomic E-state index is -3.30. The molecule has 0 aliphatic carbocycles. The van der Waals surface area contributed by atoms with Gasteiger partial charge in [0.25, 0.3) is 5.91 Å². The molecule has 1 amide bonds. The molecule has 0 heterocycles. The maximum absolute atomic E-state index is 12.9. The molecule has 0 aliphatic heterocycles. The van der Waals surface area contributed by atoms with Crippen molar-refractivity contribution in [3.63, 3.8) is 0 Å². The Morgan fingerprint density at radius 3 is 2.31 bits per heavy atom. The van der Waals surface area contributed by atoms with Crippen LogP contribution >= 0.6 is 0 Å². The van der Waals surface area contributed by atoms with Crippen LogP contribution in [-0.2, 0) is 4.79 Å². The van der Waals surface area contributed by atoms with Gasteiger partial charge < -0.3 is 5.32 Å². The average molecular weight is 191 g/mol. The van der Waals surface area contributed by atoms with Gasteiger partial charge >= 0.3 is 5.92 Å². The highest BCUT2D eigenvalue weighted by molar-refractivity contribution is 5.83. The number of halogens is 2. The van der Waals surface area contributed by atoms with Crippen LogP contribution in [0.4, 0.5) is 8.78 Å². The molecule has 0 saturated carbocycles. The zero-order valence-corrected chi connectivity index (χ0v) is 8.16. The normalized spacial score (nSPS) is 11.5. The van der Waals surface area contributed by atoms with Gasteiger partial charge in [0.05, 0.1) is 0 Å². The molecule has 0 atom stereocenters. The van der Waals surface area contributed by atoms with Crippen LogP contribution in [0.15, 0.2) is 12.2 Å². The summed E-state index contributed by atoms with van der Waals surface area (Å²) >= 11 is 0. The first-order valence-electron chi connectivity index (χ1n) is 4.09. The van der Waals surface area contributed by atoms with Crippen molar-refractivity contribution in [2.75, 3.05) is 6.54 Å². The van der Waals surface area contributed by atoms with Crippen LogP contribution in [0, 0.1) is 5.92 Å². The first-order chi connectivity index (χ1) is 5.78. The van der Waals surface area contributed by atoms with Gasteiger partial charge in [-0.15, -0.1) is 0 Å². The number of amides is 1. The van der Waals surface area contributed by atoms with Crippen LogP contribution in [0.2, 0.25) is 0 Å². The molecule has 4 heteroatoms. The number of carbonyl (C=O) groups is 1. The number of carbonyl (C=O) groups excluding carboxylic acids is 1. The zero-order chi connectivity index (χ0) is 10.6. The highest BCUT2D eigenvalue weighted by atomic mass is 19.3. The summed E-state index contributed by atoms with van der Waals surface area (Å²) in [6.45, 7) is 7.87. The predicted octanol–water partition coefficient (Wildman–Crippen LogP) is 1.97. The summed E-state index contributed by atoms with van der Waals surface area (Å²) in [4.78, 5) is 10.9. The molecule has 0 unspecified atom stereocenters. The lowest BCUT2D eigenvalue weighted by Crippen LogP contribution is -2.44. The van der Waals surface area contributed by atoms with E-state index < -0.39 is 17.7 Å². The summed E-state index contributed by atoms with van der Waals surface area (Å²) < 4.78 is 25.9. The lowest BCUT2D eigenvalue weighted by atomic mass is 10.1. The van der Waals surface area contributed by atoms with Gasteiger partial charge in [0.2, 0.25) is 0 Å². The quantitative estimate of drug-likeness (QED) is 0.676. The number of hydrogen-bond donors (Lipinski definition) is 1. The lowest BCUT2D eigenvalue weighted by molar-refractivity contribution is -0.151. The van der Waals surface area contributed by atoms with Gasteiger partial charge in [0, 0.05) is 12.5 Å². The van der Waals surface area contributed by atoms with Crippen molar-refractivity contribution in [1.82, 2.24) is 5.32 Å². The molecule has 1 N–H and O–H groups in total. The van der Waals surface area contributed by atoms with Crippen LogP contribution in [-0.4, -0.2) is 18.4 Å². The maximum Gasteiger partial charge on any atom is 0.326 e. The molecule has 2 nitrogen and oxygen atoms in total. The van der Waals surface area contributed by atoms with Crippen LogP contribution in [0.25, 0.3) is 0 Å². The number of hydrogen-bond acceptors (Lipinski definition) is 1. The van der Waals surface area contributed by atoms with E-state index in [0.717, 1.165) is 0 Å². The smallest absolute Gasteiger partial charge is 0.326 e. The molecule has 13 heavy (non-hydrogen) atoms. The second kappa shape index (κ2) is 4.35. The second-order valence-corrected chi connectivity index (χ2v) is 3.42. The minimum absolute atomic E-state index is 0.0984. The SMILES string of the molecule is C=C(C)CNC(=O)C(F)(F)C(C)C. The molecule has 0 aromatic rings. The summed E-state index contributed by atoms with van der Waals surface area (Å²) in [6.07, 6.45) is 0. The molecule has 0 spiro atoms. The van der Waals surface area contributed by atoms with Gasteiger partial charge in [-0.25, -0.2) is 0 Å². The van der Waals surface area contributed by atoms with E-state index in [4.69, 9.17) is 0 Å². The molecule has 0 rings (SSSR count). The van der Waals surface area contributed by atoms with Crippen molar-refractivity contribution in [2.45, 2.75) is 26.7 Å². The summed E-state index contributed by atoms with van der Waals surface area (Å²) in [5.41, 5.74) is 0.646. The van der Waals surface area contributed by atoms with Crippen molar-refractivity contribution in [3.8, 4) is 0 Å². The van der Waals surface area contributed by atoms with Gasteiger partial charge in [0.1, 0.15) is 0 Å². The molecular formula is C9H15F2NO. The largest absolute Gasteiger partial charge is 0.347 e. The van der Waals surface area contributed by atoms with E-state index in [1.807, 2.05) is 0 Å². The van der Waals surface area contributed by atoms with Crippen LogP contribution < -0.4 is 5.32 Å². The molecule has 0 fully saturated rings. The van der Waals surface area contributed by atoms with E-state index >= 15 is 0 Å². The Balaban J connectivity index is 4.18. The fourth-order valence-electron chi connectivity index (χ4n) is 0.611. The average Bonchev–Trinajstić information content (AvgIpc) is 1.99.